The summed E-state index contributed by atoms with van der Waals surface area (Å²) in [7, 11) is 0. The summed E-state index contributed by atoms with van der Waals surface area (Å²) >= 11 is 0. The molecule has 3 aromatic rings. The average molecular weight is 304 g/mol. The van der Waals surface area contributed by atoms with E-state index in [0.29, 0.717) is 0 Å². The second-order valence-corrected chi connectivity index (χ2v) is 6.10. The number of benzene rings is 3. The van der Waals surface area contributed by atoms with E-state index in [4.69, 9.17) is 0 Å². The van der Waals surface area contributed by atoms with Gasteiger partial charge in [0.2, 0.25) is 0 Å². The smallest absolute Gasteiger partial charge is 0.115 e. The van der Waals surface area contributed by atoms with Gasteiger partial charge in [0.25, 0.3) is 0 Å². The summed E-state index contributed by atoms with van der Waals surface area (Å²) in [5, 5.41) is 19.8. The molecule has 2 heteroatoms. The number of hydrogen-bond acceptors (Lipinski definition) is 2. The predicted molar refractivity (Wildman–Crippen MR) is 92.8 cm³/mol. The molecule has 2 nitrogen and oxygen atoms in total. The Bertz CT molecular complexity index is 748. The predicted octanol–water partition coefficient (Wildman–Crippen LogP) is 4.65. The first-order chi connectivity index (χ1) is 11.1. The lowest BCUT2D eigenvalue weighted by atomic mass is 9.72. The maximum Gasteiger partial charge on any atom is 0.115 e. The fourth-order valence-electron chi connectivity index (χ4n) is 3.07. The molecule has 0 saturated heterocycles. The summed E-state index contributed by atoms with van der Waals surface area (Å²) in [6, 6.07) is 25.0. The zero-order valence-corrected chi connectivity index (χ0v) is 13.1. The lowest BCUT2D eigenvalue weighted by Gasteiger charge is -2.31. The SMILES string of the molecule is CC(Cc1ccccc1)(c1cccc(O)c1)c1cccc(O)c1. The standard InChI is InChI=1S/C21H20O2/c1-21(15-16-7-3-2-4-8-16,17-9-5-11-19(22)13-17)18-10-6-12-20(23)14-18/h2-14,22-23H,15H2,1H3. The Hall–Kier alpha value is -2.74. The molecule has 0 atom stereocenters. The maximum absolute atomic E-state index is 9.89. The van der Waals surface area contributed by atoms with Crippen LogP contribution in [0.15, 0.2) is 78.9 Å². The molecular weight excluding hydrogens is 284 g/mol. The Labute approximate surface area is 136 Å². The van der Waals surface area contributed by atoms with Crippen molar-refractivity contribution in [1.29, 1.82) is 0 Å². The second-order valence-electron chi connectivity index (χ2n) is 6.10. The topological polar surface area (TPSA) is 40.5 Å². The summed E-state index contributed by atoms with van der Waals surface area (Å²) in [5.74, 6) is 0.504. The molecule has 3 rings (SSSR count). The van der Waals surface area contributed by atoms with E-state index in [-0.39, 0.29) is 16.9 Å². The van der Waals surface area contributed by atoms with Crippen LogP contribution < -0.4 is 0 Å². The molecule has 0 heterocycles. The van der Waals surface area contributed by atoms with E-state index in [1.165, 1.54) is 5.56 Å². The van der Waals surface area contributed by atoms with Crippen molar-refractivity contribution in [1.82, 2.24) is 0 Å². The number of aromatic hydroxyl groups is 2. The van der Waals surface area contributed by atoms with Gasteiger partial charge in [0.05, 0.1) is 0 Å². The molecule has 0 saturated carbocycles. The van der Waals surface area contributed by atoms with Gasteiger partial charge >= 0.3 is 0 Å². The summed E-state index contributed by atoms with van der Waals surface area (Å²) in [6.07, 6.45) is 0.779. The molecule has 2 N–H and O–H groups in total. The first kappa shape index (κ1) is 15.2. The molecule has 0 amide bonds. The van der Waals surface area contributed by atoms with Crippen molar-refractivity contribution in [3.05, 3.63) is 95.6 Å². The van der Waals surface area contributed by atoms with Crippen molar-refractivity contribution in [2.75, 3.05) is 0 Å². The first-order valence-electron chi connectivity index (χ1n) is 7.71. The van der Waals surface area contributed by atoms with Crippen LogP contribution in [0.3, 0.4) is 0 Å². The molecule has 0 aliphatic carbocycles. The van der Waals surface area contributed by atoms with Gasteiger partial charge in [-0.25, -0.2) is 0 Å². The van der Waals surface area contributed by atoms with Crippen LogP contribution in [0.1, 0.15) is 23.6 Å². The molecular formula is C21H20O2. The summed E-state index contributed by atoms with van der Waals surface area (Å²) in [5.41, 5.74) is 2.90. The van der Waals surface area contributed by atoms with Crippen molar-refractivity contribution in [2.24, 2.45) is 0 Å². The van der Waals surface area contributed by atoms with Crippen molar-refractivity contribution in [3.63, 3.8) is 0 Å². The first-order valence-corrected chi connectivity index (χ1v) is 7.71. The van der Waals surface area contributed by atoms with Crippen LogP contribution in [0.4, 0.5) is 0 Å². The zero-order chi connectivity index (χ0) is 16.3. The molecule has 0 unspecified atom stereocenters. The van der Waals surface area contributed by atoms with Crippen LogP contribution >= 0.6 is 0 Å². The van der Waals surface area contributed by atoms with E-state index >= 15 is 0 Å². The normalized spacial score (nSPS) is 11.3. The molecule has 0 aromatic heterocycles. The molecule has 23 heavy (non-hydrogen) atoms. The molecule has 0 bridgehead atoms. The Morgan fingerprint density at radius 2 is 1.22 bits per heavy atom. The maximum atomic E-state index is 9.89. The number of phenols is 2. The molecule has 0 aliphatic rings. The molecule has 0 spiro atoms. The van der Waals surface area contributed by atoms with Crippen LogP contribution in [-0.2, 0) is 11.8 Å². The Kier molecular flexibility index (Phi) is 4.07. The fourth-order valence-corrected chi connectivity index (χ4v) is 3.07. The Morgan fingerprint density at radius 3 is 1.70 bits per heavy atom. The van der Waals surface area contributed by atoms with E-state index < -0.39 is 0 Å². The van der Waals surface area contributed by atoms with Gasteiger partial charge in [-0.15, -0.1) is 0 Å². The highest BCUT2D eigenvalue weighted by Crippen LogP contribution is 2.37. The van der Waals surface area contributed by atoms with E-state index in [1.807, 2.05) is 42.5 Å². The van der Waals surface area contributed by atoms with Gasteiger partial charge in [0.15, 0.2) is 0 Å². The van der Waals surface area contributed by atoms with Gasteiger partial charge in [0.1, 0.15) is 11.5 Å². The second kappa shape index (κ2) is 6.17. The molecule has 116 valence electrons. The van der Waals surface area contributed by atoms with Crippen molar-refractivity contribution in [2.45, 2.75) is 18.8 Å². The van der Waals surface area contributed by atoms with Crippen LogP contribution in [0.2, 0.25) is 0 Å². The van der Waals surface area contributed by atoms with Crippen LogP contribution in [0.5, 0.6) is 11.5 Å². The van der Waals surface area contributed by atoms with E-state index in [9.17, 15) is 10.2 Å². The Morgan fingerprint density at radius 1 is 0.696 bits per heavy atom. The minimum atomic E-state index is -0.348. The van der Waals surface area contributed by atoms with Crippen LogP contribution in [0.25, 0.3) is 0 Å². The average Bonchev–Trinajstić information content (AvgIpc) is 2.56. The van der Waals surface area contributed by atoms with Crippen LogP contribution in [0, 0.1) is 0 Å². The summed E-state index contributed by atoms with van der Waals surface area (Å²) < 4.78 is 0. The third-order valence-electron chi connectivity index (χ3n) is 4.37. The highest BCUT2D eigenvalue weighted by molar-refractivity contribution is 5.45. The highest BCUT2D eigenvalue weighted by atomic mass is 16.3. The lowest BCUT2D eigenvalue weighted by molar-refractivity contribution is 0.466. The minimum absolute atomic E-state index is 0.252. The highest BCUT2D eigenvalue weighted by Gasteiger charge is 2.30. The summed E-state index contributed by atoms with van der Waals surface area (Å²) in [4.78, 5) is 0. The Balaban J connectivity index is 2.13. The molecule has 0 radical (unpaired) electrons. The third-order valence-corrected chi connectivity index (χ3v) is 4.37. The van der Waals surface area contributed by atoms with Gasteiger partial charge in [-0.2, -0.15) is 0 Å². The van der Waals surface area contributed by atoms with Crippen molar-refractivity contribution in [3.8, 4) is 11.5 Å². The van der Waals surface area contributed by atoms with Gasteiger partial charge < -0.3 is 10.2 Å². The lowest BCUT2D eigenvalue weighted by Crippen LogP contribution is -2.26. The van der Waals surface area contributed by atoms with Crippen molar-refractivity contribution < 1.29 is 10.2 Å². The number of rotatable bonds is 4. The largest absolute Gasteiger partial charge is 0.508 e. The molecule has 3 aromatic carbocycles. The molecule has 0 aliphatic heterocycles. The van der Waals surface area contributed by atoms with E-state index in [1.54, 1.807) is 24.3 Å². The number of hydrogen-bond donors (Lipinski definition) is 2. The minimum Gasteiger partial charge on any atom is -0.508 e. The number of phenolic OH excluding ortho intramolecular Hbond substituents is 2. The quantitative estimate of drug-likeness (QED) is 0.737. The van der Waals surface area contributed by atoms with Gasteiger partial charge in [0, 0.05) is 5.41 Å². The summed E-state index contributed by atoms with van der Waals surface area (Å²) in [6.45, 7) is 2.14. The molecule has 0 fully saturated rings. The van der Waals surface area contributed by atoms with Gasteiger partial charge in [-0.1, -0.05) is 61.5 Å². The monoisotopic (exact) mass is 304 g/mol. The van der Waals surface area contributed by atoms with Gasteiger partial charge in [-0.3, -0.25) is 0 Å². The van der Waals surface area contributed by atoms with Crippen LogP contribution in [-0.4, -0.2) is 10.2 Å². The fraction of sp³-hybridized carbons (Fsp3) is 0.143. The van der Waals surface area contributed by atoms with E-state index in [2.05, 4.69) is 19.1 Å². The zero-order valence-electron chi connectivity index (χ0n) is 13.1. The third kappa shape index (κ3) is 3.21. The van der Waals surface area contributed by atoms with Crippen molar-refractivity contribution >= 4 is 0 Å². The van der Waals surface area contributed by atoms with E-state index in [0.717, 1.165) is 17.5 Å². The van der Waals surface area contributed by atoms with Gasteiger partial charge in [-0.05, 0) is 47.4 Å².